The number of hydrogen-bond acceptors (Lipinski definition) is 6. The van der Waals surface area contributed by atoms with Crippen LogP contribution in [0.1, 0.15) is 18.2 Å². The van der Waals surface area contributed by atoms with Gasteiger partial charge in [0.1, 0.15) is 18.1 Å². The van der Waals surface area contributed by atoms with E-state index in [9.17, 15) is 0 Å². The van der Waals surface area contributed by atoms with E-state index < -0.39 is 0 Å². The Kier molecular flexibility index (Phi) is 3.92. The molecule has 2 aromatic rings. The highest BCUT2D eigenvalue weighted by molar-refractivity contribution is 5.51. The molecule has 0 amide bonds. The number of ether oxygens (including phenoxy) is 3. The van der Waals surface area contributed by atoms with Crippen LogP contribution in [0.5, 0.6) is 17.2 Å². The van der Waals surface area contributed by atoms with Crippen molar-refractivity contribution < 1.29 is 14.2 Å². The minimum Gasteiger partial charge on any atom is -0.487 e. The van der Waals surface area contributed by atoms with E-state index in [1.54, 1.807) is 4.68 Å². The number of aryl methyl sites for hydroxylation is 1. The minimum absolute atomic E-state index is 0.254. The quantitative estimate of drug-likeness (QED) is 0.863. The van der Waals surface area contributed by atoms with Crippen LogP contribution >= 0.6 is 0 Å². The molecule has 0 spiro atoms. The summed E-state index contributed by atoms with van der Waals surface area (Å²) in [6.07, 6.45) is 1.83. The lowest BCUT2D eigenvalue weighted by molar-refractivity contribution is 0.173. The van der Waals surface area contributed by atoms with E-state index in [4.69, 9.17) is 14.2 Å². The van der Waals surface area contributed by atoms with Gasteiger partial charge in [0.2, 0.25) is 6.79 Å². The molecule has 1 aromatic carbocycles. The van der Waals surface area contributed by atoms with Crippen molar-refractivity contribution in [1.29, 1.82) is 0 Å². The lowest BCUT2D eigenvalue weighted by Crippen LogP contribution is -2.13. The van der Waals surface area contributed by atoms with Crippen molar-refractivity contribution in [2.24, 2.45) is 7.05 Å². The third-order valence-electron chi connectivity index (χ3n) is 3.15. The summed E-state index contributed by atoms with van der Waals surface area (Å²) < 4.78 is 18.3. The van der Waals surface area contributed by atoms with E-state index in [2.05, 4.69) is 22.6 Å². The highest BCUT2D eigenvalue weighted by Gasteiger charge is 2.18. The molecule has 1 aromatic heterocycles. The molecule has 1 N–H and O–H groups in total. The first kappa shape index (κ1) is 13.7. The highest BCUT2D eigenvalue weighted by Crippen LogP contribution is 2.38. The minimum atomic E-state index is 0.254. The van der Waals surface area contributed by atoms with Crippen LogP contribution in [0.25, 0.3) is 0 Å². The second kappa shape index (κ2) is 6.01. The Bertz CT molecular complexity index is 627. The third-order valence-corrected chi connectivity index (χ3v) is 3.15. The van der Waals surface area contributed by atoms with Crippen LogP contribution in [0.3, 0.4) is 0 Å². The van der Waals surface area contributed by atoms with Crippen LogP contribution in [0.15, 0.2) is 18.3 Å². The van der Waals surface area contributed by atoms with E-state index in [1.165, 1.54) is 0 Å². The lowest BCUT2D eigenvalue weighted by Gasteiger charge is -2.12. The second-order valence-corrected chi connectivity index (χ2v) is 4.77. The van der Waals surface area contributed by atoms with E-state index in [0.717, 1.165) is 29.3 Å². The summed E-state index contributed by atoms with van der Waals surface area (Å²) in [5, 5.41) is 11.2. The summed E-state index contributed by atoms with van der Waals surface area (Å²) in [5.74, 6) is 2.24. The molecule has 112 valence electrons. The number of benzene rings is 1. The monoisotopic (exact) mass is 290 g/mol. The van der Waals surface area contributed by atoms with Crippen molar-refractivity contribution >= 4 is 0 Å². The molecule has 0 saturated carbocycles. The van der Waals surface area contributed by atoms with Crippen LogP contribution in [-0.2, 0) is 20.2 Å². The number of rotatable bonds is 6. The highest BCUT2D eigenvalue weighted by atomic mass is 16.7. The molecule has 3 rings (SSSR count). The molecule has 1 aliphatic heterocycles. The molecular formula is C14H18N4O3. The number of aromatic nitrogens is 3. The van der Waals surface area contributed by atoms with Gasteiger partial charge in [-0.2, -0.15) is 0 Å². The van der Waals surface area contributed by atoms with Crippen molar-refractivity contribution in [2.45, 2.75) is 20.1 Å². The summed E-state index contributed by atoms with van der Waals surface area (Å²) >= 11 is 0. The summed E-state index contributed by atoms with van der Waals surface area (Å²) in [7, 11) is 1.83. The molecule has 2 heterocycles. The maximum Gasteiger partial charge on any atom is 0.231 e. The lowest BCUT2D eigenvalue weighted by atomic mass is 10.1. The molecule has 7 heteroatoms. The third kappa shape index (κ3) is 3.08. The summed E-state index contributed by atoms with van der Waals surface area (Å²) in [4.78, 5) is 0. The van der Waals surface area contributed by atoms with Gasteiger partial charge in [0.15, 0.2) is 11.5 Å². The molecule has 0 aliphatic carbocycles. The Labute approximate surface area is 122 Å². The Morgan fingerprint density at radius 2 is 2.14 bits per heavy atom. The second-order valence-electron chi connectivity index (χ2n) is 4.77. The largest absolute Gasteiger partial charge is 0.487 e. The van der Waals surface area contributed by atoms with Crippen LogP contribution in [-0.4, -0.2) is 28.3 Å². The predicted molar refractivity (Wildman–Crippen MR) is 75.3 cm³/mol. The zero-order valence-electron chi connectivity index (χ0n) is 12.1. The molecule has 0 atom stereocenters. The van der Waals surface area contributed by atoms with Gasteiger partial charge in [0.25, 0.3) is 0 Å². The first-order valence-electron chi connectivity index (χ1n) is 6.87. The van der Waals surface area contributed by atoms with Gasteiger partial charge in [-0.15, -0.1) is 5.10 Å². The van der Waals surface area contributed by atoms with Gasteiger partial charge in [0.05, 0.1) is 6.20 Å². The van der Waals surface area contributed by atoms with Crippen molar-refractivity contribution in [3.8, 4) is 17.2 Å². The molecule has 1 aliphatic rings. The van der Waals surface area contributed by atoms with Gasteiger partial charge in [-0.3, -0.25) is 4.68 Å². The molecule has 7 nitrogen and oxygen atoms in total. The Hall–Kier alpha value is -2.28. The zero-order valence-corrected chi connectivity index (χ0v) is 12.1. The average molecular weight is 290 g/mol. The van der Waals surface area contributed by atoms with Crippen LogP contribution in [0.4, 0.5) is 0 Å². The topological polar surface area (TPSA) is 70.4 Å². The van der Waals surface area contributed by atoms with E-state index >= 15 is 0 Å². The number of nitrogens with zero attached hydrogens (tertiary/aromatic N) is 3. The van der Waals surface area contributed by atoms with Crippen molar-refractivity contribution in [2.75, 3.05) is 13.3 Å². The fraction of sp³-hybridized carbons (Fsp3) is 0.429. The van der Waals surface area contributed by atoms with Crippen molar-refractivity contribution in [1.82, 2.24) is 20.3 Å². The van der Waals surface area contributed by atoms with Crippen molar-refractivity contribution in [3.05, 3.63) is 29.6 Å². The Morgan fingerprint density at radius 3 is 2.86 bits per heavy atom. The molecular weight excluding hydrogens is 272 g/mol. The molecule has 0 bridgehead atoms. The van der Waals surface area contributed by atoms with E-state index in [1.807, 2.05) is 25.4 Å². The smallest absolute Gasteiger partial charge is 0.231 e. The Balaban J connectivity index is 1.78. The van der Waals surface area contributed by atoms with Gasteiger partial charge in [-0.05, 0) is 12.6 Å². The first-order chi connectivity index (χ1) is 10.3. The fourth-order valence-electron chi connectivity index (χ4n) is 2.11. The summed E-state index contributed by atoms with van der Waals surface area (Å²) in [5.41, 5.74) is 1.81. The SMILES string of the molecule is CCNCc1cc2c(cc1OCc1cn(C)nn1)OCO2. The van der Waals surface area contributed by atoms with Gasteiger partial charge in [0, 0.05) is 25.2 Å². The average Bonchev–Trinajstić information content (AvgIpc) is 3.10. The maximum absolute atomic E-state index is 5.87. The van der Waals surface area contributed by atoms with Gasteiger partial charge < -0.3 is 19.5 Å². The van der Waals surface area contributed by atoms with Gasteiger partial charge in [-0.25, -0.2) is 0 Å². The predicted octanol–water partition coefficient (Wildman–Crippen LogP) is 1.23. The maximum atomic E-state index is 5.87. The van der Waals surface area contributed by atoms with Crippen molar-refractivity contribution in [3.63, 3.8) is 0 Å². The molecule has 21 heavy (non-hydrogen) atoms. The number of fused-ring (bicyclic) bond motifs is 1. The normalized spacial score (nSPS) is 12.7. The fourth-order valence-corrected chi connectivity index (χ4v) is 2.11. The van der Waals surface area contributed by atoms with E-state index in [-0.39, 0.29) is 6.79 Å². The first-order valence-corrected chi connectivity index (χ1v) is 6.87. The van der Waals surface area contributed by atoms with E-state index in [0.29, 0.717) is 18.9 Å². The van der Waals surface area contributed by atoms with Gasteiger partial charge >= 0.3 is 0 Å². The molecule has 0 fully saturated rings. The number of hydrogen-bond donors (Lipinski definition) is 1. The summed E-state index contributed by atoms with van der Waals surface area (Å²) in [6.45, 7) is 4.28. The standard InChI is InChI=1S/C14H18N4O3/c1-3-15-6-10-4-13-14(21-9-20-13)5-12(10)19-8-11-7-18(2)17-16-11/h4-5,7,15H,3,6,8-9H2,1-2H3. The van der Waals surface area contributed by atoms with Crippen LogP contribution < -0.4 is 19.5 Å². The molecule has 0 unspecified atom stereocenters. The molecule has 0 saturated heterocycles. The van der Waals surface area contributed by atoms with Crippen LogP contribution in [0.2, 0.25) is 0 Å². The van der Waals surface area contributed by atoms with Gasteiger partial charge in [-0.1, -0.05) is 12.1 Å². The zero-order chi connectivity index (χ0) is 14.7. The Morgan fingerprint density at radius 1 is 1.33 bits per heavy atom. The number of nitrogens with one attached hydrogen (secondary N) is 1. The van der Waals surface area contributed by atoms with Crippen LogP contribution in [0, 0.1) is 0 Å². The summed E-state index contributed by atoms with van der Waals surface area (Å²) in [6, 6.07) is 3.82. The molecule has 0 radical (unpaired) electrons.